The Bertz CT molecular complexity index is 457. The predicted molar refractivity (Wildman–Crippen MR) is 60.2 cm³/mol. The number of para-hydroxylation sites is 1. The van der Waals surface area contributed by atoms with E-state index in [0.717, 1.165) is 12.2 Å². The Labute approximate surface area is 95.0 Å². The van der Waals surface area contributed by atoms with Gasteiger partial charge in [0, 0.05) is 25.8 Å². The van der Waals surface area contributed by atoms with Crippen LogP contribution in [0.2, 0.25) is 0 Å². The Kier molecular flexibility index (Phi) is 1.82. The minimum atomic E-state index is -0.464. The molecule has 2 aliphatic heterocycles. The van der Waals surface area contributed by atoms with Gasteiger partial charge >= 0.3 is 0 Å². The highest BCUT2D eigenvalue weighted by Gasteiger charge is 2.47. The maximum Gasteiger partial charge on any atom is 0.225 e. The minimum absolute atomic E-state index is 0.174. The number of nitrogens with zero attached hydrogens (tertiary/aromatic N) is 1. The Morgan fingerprint density at radius 2 is 2.19 bits per heavy atom. The topological polar surface area (TPSA) is 29.5 Å². The summed E-state index contributed by atoms with van der Waals surface area (Å²) in [6.07, 6.45) is 1.50. The van der Waals surface area contributed by atoms with Gasteiger partial charge in [0.15, 0.2) is 5.72 Å². The van der Waals surface area contributed by atoms with Crippen LogP contribution < -0.4 is 4.74 Å². The van der Waals surface area contributed by atoms with Crippen molar-refractivity contribution in [3.63, 3.8) is 0 Å². The van der Waals surface area contributed by atoms with E-state index in [1.165, 1.54) is 5.56 Å². The molecule has 3 heteroatoms. The van der Waals surface area contributed by atoms with Crippen LogP contribution in [0.25, 0.3) is 0 Å². The Balaban J connectivity index is 2.11. The summed E-state index contributed by atoms with van der Waals surface area (Å²) in [5, 5.41) is 0. The summed E-state index contributed by atoms with van der Waals surface area (Å²) >= 11 is 0. The Morgan fingerprint density at radius 1 is 1.44 bits per heavy atom. The van der Waals surface area contributed by atoms with Gasteiger partial charge < -0.3 is 9.64 Å². The number of hydrogen-bond acceptors (Lipinski definition) is 2. The highest BCUT2D eigenvalue weighted by Crippen LogP contribution is 2.46. The third-order valence-corrected chi connectivity index (χ3v) is 3.82. The van der Waals surface area contributed by atoms with Gasteiger partial charge in [0.2, 0.25) is 5.91 Å². The zero-order valence-electron chi connectivity index (χ0n) is 9.56. The first-order valence-electron chi connectivity index (χ1n) is 5.65. The van der Waals surface area contributed by atoms with Crippen molar-refractivity contribution in [2.24, 2.45) is 0 Å². The zero-order chi connectivity index (χ0) is 11.3. The summed E-state index contributed by atoms with van der Waals surface area (Å²) in [5.74, 6) is 1.42. The van der Waals surface area contributed by atoms with Crippen LogP contribution in [0.15, 0.2) is 24.3 Å². The number of ether oxygens (including phenoxy) is 1. The summed E-state index contributed by atoms with van der Waals surface area (Å²) in [5.41, 5.74) is 0.718. The minimum Gasteiger partial charge on any atom is -0.468 e. The van der Waals surface area contributed by atoms with Crippen molar-refractivity contribution in [1.82, 2.24) is 4.90 Å². The predicted octanol–water partition coefficient (Wildman–Crippen LogP) is 2.13. The van der Waals surface area contributed by atoms with E-state index in [0.29, 0.717) is 12.3 Å². The van der Waals surface area contributed by atoms with Crippen LogP contribution in [-0.4, -0.2) is 23.6 Å². The third kappa shape index (κ3) is 1.17. The molecule has 3 rings (SSSR count). The molecule has 1 aromatic rings. The molecule has 0 saturated carbocycles. The van der Waals surface area contributed by atoms with Crippen LogP contribution in [0.1, 0.15) is 31.2 Å². The number of benzene rings is 1. The van der Waals surface area contributed by atoms with Crippen LogP contribution in [0.3, 0.4) is 0 Å². The molecule has 0 N–H and O–H groups in total. The zero-order valence-corrected chi connectivity index (χ0v) is 9.56. The molecule has 2 heterocycles. The highest BCUT2D eigenvalue weighted by atomic mass is 16.5. The van der Waals surface area contributed by atoms with Crippen molar-refractivity contribution in [2.75, 3.05) is 7.05 Å². The van der Waals surface area contributed by atoms with Crippen molar-refractivity contribution >= 4 is 5.91 Å². The fraction of sp³-hybridized carbons (Fsp3) is 0.462. The largest absolute Gasteiger partial charge is 0.468 e. The van der Waals surface area contributed by atoms with Gasteiger partial charge in [-0.3, -0.25) is 4.79 Å². The lowest BCUT2D eigenvalue weighted by Gasteiger charge is -2.49. The summed E-state index contributed by atoms with van der Waals surface area (Å²) in [7, 11) is 1.83. The summed E-state index contributed by atoms with van der Waals surface area (Å²) < 4.78 is 5.98. The van der Waals surface area contributed by atoms with E-state index < -0.39 is 5.72 Å². The van der Waals surface area contributed by atoms with Crippen LogP contribution in [0.5, 0.6) is 5.75 Å². The smallest absolute Gasteiger partial charge is 0.225 e. The number of hydrogen-bond donors (Lipinski definition) is 0. The van der Waals surface area contributed by atoms with Crippen LogP contribution >= 0.6 is 0 Å². The van der Waals surface area contributed by atoms with Gasteiger partial charge in [0.05, 0.1) is 0 Å². The first-order chi connectivity index (χ1) is 7.60. The van der Waals surface area contributed by atoms with Crippen molar-refractivity contribution in [3.8, 4) is 5.75 Å². The van der Waals surface area contributed by atoms with E-state index >= 15 is 0 Å². The quantitative estimate of drug-likeness (QED) is 0.666. The van der Waals surface area contributed by atoms with E-state index in [1.807, 2.05) is 32.2 Å². The van der Waals surface area contributed by atoms with Crippen molar-refractivity contribution < 1.29 is 9.53 Å². The molecule has 0 radical (unpaired) electrons. The summed E-state index contributed by atoms with van der Waals surface area (Å²) in [4.78, 5) is 13.6. The van der Waals surface area contributed by atoms with E-state index in [9.17, 15) is 4.79 Å². The fourth-order valence-corrected chi connectivity index (χ4v) is 2.76. The highest BCUT2D eigenvalue weighted by molar-refractivity contribution is 5.79. The van der Waals surface area contributed by atoms with Gasteiger partial charge in [-0.25, -0.2) is 0 Å². The van der Waals surface area contributed by atoms with E-state index in [2.05, 4.69) is 6.07 Å². The second-order valence-corrected chi connectivity index (χ2v) is 4.87. The molecule has 2 aliphatic rings. The monoisotopic (exact) mass is 217 g/mol. The second-order valence-electron chi connectivity index (χ2n) is 4.87. The molecule has 1 saturated heterocycles. The van der Waals surface area contributed by atoms with Gasteiger partial charge in [-0.15, -0.1) is 0 Å². The van der Waals surface area contributed by atoms with E-state index in [4.69, 9.17) is 4.74 Å². The van der Waals surface area contributed by atoms with Gasteiger partial charge in [0.1, 0.15) is 5.75 Å². The molecule has 2 unspecified atom stereocenters. The number of carbonyl (C=O) groups is 1. The molecule has 0 aliphatic carbocycles. The molecule has 1 aromatic carbocycles. The molecular formula is C13H15NO2. The maximum atomic E-state index is 11.9. The fourth-order valence-electron chi connectivity index (χ4n) is 2.76. The lowest BCUT2D eigenvalue weighted by Crippen LogP contribution is -2.57. The number of fused-ring (bicyclic) bond motifs is 4. The molecule has 0 aromatic heterocycles. The van der Waals surface area contributed by atoms with E-state index in [1.54, 1.807) is 4.90 Å². The van der Waals surface area contributed by atoms with Crippen molar-refractivity contribution in [3.05, 3.63) is 29.8 Å². The number of rotatable bonds is 0. The van der Waals surface area contributed by atoms with Crippen molar-refractivity contribution in [2.45, 2.75) is 31.4 Å². The molecule has 1 amide bonds. The van der Waals surface area contributed by atoms with Crippen LogP contribution in [-0.2, 0) is 4.79 Å². The molecule has 0 spiro atoms. The molecule has 2 atom stereocenters. The first-order valence-corrected chi connectivity index (χ1v) is 5.65. The Morgan fingerprint density at radius 3 is 3.00 bits per heavy atom. The van der Waals surface area contributed by atoms with Gasteiger partial charge in [-0.2, -0.15) is 0 Å². The van der Waals surface area contributed by atoms with Crippen LogP contribution in [0, 0.1) is 0 Å². The lowest BCUT2D eigenvalue weighted by molar-refractivity contribution is -0.160. The molecule has 16 heavy (non-hydrogen) atoms. The normalized spacial score (nSPS) is 32.0. The van der Waals surface area contributed by atoms with Crippen LogP contribution in [0.4, 0.5) is 0 Å². The van der Waals surface area contributed by atoms with E-state index in [-0.39, 0.29) is 5.91 Å². The lowest BCUT2D eigenvalue weighted by atomic mass is 9.81. The van der Waals surface area contributed by atoms with Crippen molar-refractivity contribution in [1.29, 1.82) is 0 Å². The summed E-state index contributed by atoms with van der Waals surface area (Å²) in [6.45, 7) is 1.99. The van der Waals surface area contributed by atoms with Gasteiger partial charge in [-0.1, -0.05) is 18.2 Å². The molecule has 84 valence electrons. The van der Waals surface area contributed by atoms with Gasteiger partial charge in [0.25, 0.3) is 0 Å². The average molecular weight is 217 g/mol. The first kappa shape index (κ1) is 9.70. The SMILES string of the molecule is CN1C(=O)CC2CC1(C)Oc1ccccc12. The molecule has 2 bridgehead atoms. The average Bonchev–Trinajstić information content (AvgIpc) is 2.26. The maximum absolute atomic E-state index is 11.9. The summed E-state index contributed by atoms with van der Waals surface area (Å²) in [6, 6.07) is 8.04. The standard InChI is InChI=1S/C13H15NO2/c1-13-8-9(7-12(15)14(13)2)10-5-3-4-6-11(10)16-13/h3-6,9H,7-8H2,1-2H3. The number of piperidine rings is 1. The number of likely N-dealkylation sites (tertiary alicyclic amines) is 1. The molecular weight excluding hydrogens is 202 g/mol. The molecule has 3 nitrogen and oxygen atoms in total. The third-order valence-electron chi connectivity index (χ3n) is 3.82. The number of carbonyl (C=O) groups excluding carboxylic acids is 1. The Hall–Kier alpha value is -1.51. The molecule has 1 fully saturated rings. The van der Waals surface area contributed by atoms with Gasteiger partial charge in [-0.05, 0) is 18.6 Å². The number of amides is 1. The second kappa shape index (κ2) is 3.00.